The van der Waals surface area contributed by atoms with Gasteiger partial charge in [-0.1, -0.05) is 256 Å². The number of hydrogen-bond acceptors (Lipinski definition) is 4. The molecule has 0 N–H and O–H groups in total. The van der Waals surface area contributed by atoms with E-state index in [4.69, 9.17) is 8.83 Å². The van der Waals surface area contributed by atoms with E-state index in [0.29, 0.717) is 0 Å². The first-order chi connectivity index (χ1) is 44.5. The Morgan fingerprint density at radius 2 is 0.922 bits per heavy atom. The second kappa shape index (κ2) is 20.7. The number of para-hydroxylation sites is 6. The van der Waals surface area contributed by atoms with E-state index in [1.165, 1.54) is 55.3 Å². The molecule has 2 aliphatic carbocycles. The molecule has 0 radical (unpaired) electrons. The van der Waals surface area contributed by atoms with Gasteiger partial charge in [-0.05, 0) is 156 Å². The van der Waals surface area contributed by atoms with Crippen molar-refractivity contribution in [2.75, 3.05) is 9.80 Å². The van der Waals surface area contributed by atoms with Crippen LogP contribution in [0.15, 0.2) is 314 Å². The third-order valence-electron chi connectivity index (χ3n) is 18.9. The second-order valence-corrected chi connectivity index (χ2v) is 23.4. The van der Waals surface area contributed by atoms with Crippen molar-refractivity contribution in [3.63, 3.8) is 0 Å². The molecule has 0 amide bonds. The maximum Gasteiger partial charge on any atom is 0.159 e. The van der Waals surface area contributed by atoms with Crippen molar-refractivity contribution < 1.29 is 8.83 Å². The van der Waals surface area contributed by atoms with Crippen LogP contribution >= 0.6 is 0 Å². The number of anilines is 6. The van der Waals surface area contributed by atoms with E-state index in [9.17, 15) is 0 Å². The Balaban J connectivity index is 0.884. The van der Waals surface area contributed by atoms with Gasteiger partial charge in [0.15, 0.2) is 11.2 Å². The largest absolute Gasteiger partial charge is 0.453 e. The number of hydrogen-bond donors (Lipinski definition) is 0. The van der Waals surface area contributed by atoms with Crippen LogP contribution in [0.1, 0.15) is 45.9 Å². The van der Waals surface area contributed by atoms with Crippen molar-refractivity contribution in [1.29, 1.82) is 0 Å². The van der Waals surface area contributed by atoms with Crippen LogP contribution in [-0.2, 0) is 5.41 Å². The van der Waals surface area contributed by atoms with E-state index in [-0.39, 0.29) is 0 Å². The summed E-state index contributed by atoms with van der Waals surface area (Å²) in [6, 6.07) is 95.0. The number of fused-ring (bicyclic) bond motifs is 20. The molecular weight excluding hydrogens is 1090 g/mol. The highest BCUT2D eigenvalue weighted by Crippen LogP contribution is 2.66. The number of furan rings is 2. The minimum absolute atomic E-state index is 0.741. The van der Waals surface area contributed by atoms with E-state index in [1.54, 1.807) is 0 Å². The molecule has 2 aliphatic rings. The molecule has 13 aromatic carbocycles. The van der Waals surface area contributed by atoms with Crippen molar-refractivity contribution in [3.05, 3.63) is 344 Å². The summed E-state index contributed by atoms with van der Waals surface area (Å²) in [5.41, 5.74) is 24.9. The minimum atomic E-state index is -0.741. The van der Waals surface area contributed by atoms with Crippen molar-refractivity contribution in [2.45, 2.75) is 12.3 Å². The van der Waals surface area contributed by atoms with Crippen LogP contribution in [0.3, 0.4) is 0 Å². The average Bonchev–Trinajstić information content (AvgIpc) is 1.49. The van der Waals surface area contributed by atoms with Gasteiger partial charge in [0, 0.05) is 55.4 Å². The molecule has 90 heavy (non-hydrogen) atoms. The first-order valence-corrected chi connectivity index (χ1v) is 30.8. The highest BCUT2D eigenvalue weighted by molar-refractivity contribution is 6.16. The van der Waals surface area contributed by atoms with Crippen LogP contribution in [0.4, 0.5) is 34.1 Å². The molecule has 2 aromatic heterocycles. The summed E-state index contributed by atoms with van der Waals surface area (Å²) < 4.78 is 14.3. The highest BCUT2D eigenvalue weighted by Gasteiger charge is 2.54. The van der Waals surface area contributed by atoms with E-state index in [1.807, 2.05) is 24.3 Å². The topological polar surface area (TPSA) is 32.8 Å². The number of allylic oxidation sites excluding steroid dienone is 5. The molecule has 0 bridgehead atoms. The first-order valence-electron chi connectivity index (χ1n) is 30.8. The number of benzene rings is 13. The Kier molecular flexibility index (Phi) is 12.1. The lowest BCUT2D eigenvalue weighted by Crippen LogP contribution is -2.26. The maximum atomic E-state index is 7.13. The Bertz CT molecular complexity index is 5570. The summed E-state index contributed by atoms with van der Waals surface area (Å²) in [4.78, 5) is 4.71. The maximum absolute atomic E-state index is 7.13. The van der Waals surface area contributed by atoms with Crippen LogP contribution in [0.2, 0.25) is 0 Å². The fourth-order valence-corrected chi connectivity index (χ4v) is 15.2. The first kappa shape index (κ1) is 52.6. The molecule has 1 unspecified atom stereocenters. The zero-order chi connectivity index (χ0) is 60.2. The molecule has 4 nitrogen and oxygen atoms in total. The van der Waals surface area contributed by atoms with Gasteiger partial charge < -0.3 is 18.6 Å². The third-order valence-corrected chi connectivity index (χ3v) is 18.9. The minimum Gasteiger partial charge on any atom is -0.453 e. The van der Waals surface area contributed by atoms with Crippen LogP contribution in [0.5, 0.6) is 0 Å². The monoisotopic (exact) mass is 1150 g/mol. The molecule has 15 aromatic rings. The predicted octanol–water partition coefficient (Wildman–Crippen LogP) is 24.2. The third kappa shape index (κ3) is 7.61. The molecule has 0 saturated carbocycles. The standard InChI is InChI=1S/C86H58N2O2/c1-5-9-25-54(6-2)66-33-21-35-70-72-37-23-40-77(84(72)89-82(66)70)87(59-28-15-11-16-29-59)61-45-49-64-57(52-61)42-47-68-69-48-43-58-53-62(46-50-65(58)81(69)86(80(64)68)75-39-20-19-32-74(75)79-63(8-4)55(7-3)44-51-76(79)86)88(60-30-17-12-18-31-60)78-41-24-38-73-71-36-22-34-67(83(71)90-85(73)78)56-26-13-10-14-27-56/h5-53H,1,3-4H2,2H3/b25-9-,54-6+. The zero-order valence-corrected chi connectivity index (χ0v) is 49.6. The predicted molar refractivity (Wildman–Crippen MR) is 380 cm³/mol. The second-order valence-electron chi connectivity index (χ2n) is 23.4. The van der Waals surface area contributed by atoms with E-state index in [0.717, 1.165) is 122 Å². The molecular formula is C86H58N2O2. The molecule has 2 heterocycles. The number of rotatable bonds is 12. The highest BCUT2D eigenvalue weighted by atomic mass is 16.3. The molecule has 0 fully saturated rings. The summed E-state index contributed by atoms with van der Waals surface area (Å²) in [6.45, 7) is 14.8. The van der Waals surface area contributed by atoms with Crippen molar-refractivity contribution in [1.82, 2.24) is 0 Å². The van der Waals surface area contributed by atoms with Crippen LogP contribution in [-0.4, -0.2) is 0 Å². The van der Waals surface area contributed by atoms with Gasteiger partial charge in [0.05, 0.1) is 16.8 Å². The zero-order valence-electron chi connectivity index (χ0n) is 49.6. The molecule has 0 saturated heterocycles. The molecule has 0 aliphatic heterocycles. The normalized spacial score (nSPS) is 14.0. The molecule has 1 atom stereocenters. The summed E-state index contributed by atoms with van der Waals surface area (Å²) in [5, 5.41) is 8.90. The summed E-state index contributed by atoms with van der Waals surface area (Å²) in [6.07, 6.45) is 12.0. The molecule has 4 heteroatoms. The van der Waals surface area contributed by atoms with Gasteiger partial charge in [0.25, 0.3) is 0 Å². The van der Waals surface area contributed by atoms with Gasteiger partial charge in [0.1, 0.15) is 11.2 Å². The Labute approximate surface area is 522 Å². The lowest BCUT2D eigenvalue weighted by molar-refractivity contribution is 0.668. The van der Waals surface area contributed by atoms with Crippen molar-refractivity contribution >= 4 is 117 Å². The van der Waals surface area contributed by atoms with Crippen LogP contribution < -0.4 is 9.80 Å². The molecule has 1 spiro atoms. The van der Waals surface area contributed by atoms with Crippen molar-refractivity contribution in [3.8, 4) is 33.4 Å². The lowest BCUT2D eigenvalue weighted by Gasteiger charge is -2.33. The smallest absolute Gasteiger partial charge is 0.159 e. The van der Waals surface area contributed by atoms with E-state index in [2.05, 4.69) is 309 Å². The Hall–Kier alpha value is -11.7. The van der Waals surface area contributed by atoms with Crippen LogP contribution in [0, 0.1) is 0 Å². The lowest BCUT2D eigenvalue weighted by atomic mass is 9.68. The van der Waals surface area contributed by atoms with E-state index >= 15 is 0 Å². The fourth-order valence-electron chi connectivity index (χ4n) is 15.2. The van der Waals surface area contributed by atoms with Gasteiger partial charge in [-0.2, -0.15) is 0 Å². The molecule has 424 valence electrons. The van der Waals surface area contributed by atoms with Gasteiger partial charge >= 0.3 is 0 Å². The van der Waals surface area contributed by atoms with Gasteiger partial charge in [-0.15, -0.1) is 0 Å². The Morgan fingerprint density at radius 1 is 0.400 bits per heavy atom. The van der Waals surface area contributed by atoms with E-state index < -0.39 is 5.41 Å². The fraction of sp³-hybridized carbons (Fsp3) is 0.0233. The quantitative estimate of drug-likeness (QED) is 0.114. The SMILES string of the molecule is C=C/C=C\C(=C/C)c1cccc2c1oc1c(N(c3ccccc3)c3ccc4c5c(ccc4c3)-c3ccc4cc(N(c6ccccc6)c6cccc7c6oc6c(-c8ccccc8)cccc67)ccc4c3C53c4ccccc4-c4c3ccc(C=C)c4C=C)cccc12. The molecule has 17 rings (SSSR count). The summed E-state index contributed by atoms with van der Waals surface area (Å²) >= 11 is 0. The van der Waals surface area contributed by atoms with Crippen molar-refractivity contribution in [2.24, 2.45) is 0 Å². The number of nitrogens with zero attached hydrogens (tertiary/aromatic N) is 2. The van der Waals surface area contributed by atoms with Gasteiger partial charge in [0.2, 0.25) is 0 Å². The summed E-state index contributed by atoms with van der Waals surface area (Å²) in [5.74, 6) is 0. The van der Waals surface area contributed by atoms with Gasteiger partial charge in [-0.25, -0.2) is 0 Å². The van der Waals surface area contributed by atoms with Gasteiger partial charge in [-0.3, -0.25) is 0 Å². The van der Waals surface area contributed by atoms with Crippen LogP contribution in [0.25, 0.3) is 117 Å². The average molecular weight is 1150 g/mol. The Morgan fingerprint density at radius 3 is 1.50 bits per heavy atom. The summed E-state index contributed by atoms with van der Waals surface area (Å²) in [7, 11) is 0.